The lowest BCUT2D eigenvalue weighted by atomic mass is 9.98. The average Bonchev–Trinajstić information content (AvgIpc) is 2.44. The van der Waals surface area contributed by atoms with Crippen molar-refractivity contribution in [3.8, 4) is 0 Å². The average molecular weight is 238 g/mol. The molecule has 0 saturated heterocycles. The maximum absolute atomic E-state index is 7.07. The zero-order valence-electron chi connectivity index (χ0n) is 11.7. The van der Waals surface area contributed by atoms with Crippen LogP contribution in [0.4, 0.5) is 0 Å². The van der Waals surface area contributed by atoms with Crippen molar-refractivity contribution in [2.45, 2.75) is 40.5 Å². The van der Waals surface area contributed by atoms with Crippen molar-refractivity contribution >= 4 is 6.08 Å². The van der Waals surface area contributed by atoms with Gasteiger partial charge < -0.3 is 0 Å². The van der Waals surface area contributed by atoms with Gasteiger partial charge in [-0.3, -0.25) is 5.26 Å². The van der Waals surface area contributed by atoms with Crippen molar-refractivity contribution in [2.24, 2.45) is 0 Å². The molecule has 1 aromatic carbocycles. The molecule has 0 bridgehead atoms. The second-order valence-corrected chi connectivity index (χ2v) is 2.82. The molecule has 2 nitrogen and oxygen atoms in total. The minimum absolute atomic E-state index is 1.18. The number of hydrogen-bond acceptors (Lipinski definition) is 2. The second kappa shape index (κ2) is 14.9. The molecule has 0 fully saturated rings. The van der Waals surface area contributed by atoms with Gasteiger partial charge in [0, 0.05) is 0 Å². The molecule has 0 unspecified atom stereocenters. The van der Waals surface area contributed by atoms with E-state index in [4.69, 9.17) is 5.26 Å². The summed E-state index contributed by atoms with van der Waals surface area (Å²) in [5.74, 6) is 0. The molecule has 0 aromatic heterocycles. The molecule has 1 aliphatic carbocycles. The van der Waals surface area contributed by atoms with Crippen LogP contribution in [-0.4, -0.2) is 12.4 Å². The molecule has 1 aromatic rings. The van der Waals surface area contributed by atoms with E-state index in [1.165, 1.54) is 31.1 Å². The van der Waals surface area contributed by atoms with Crippen LogP contribution >= 0.6 is 0 Å². The highest BCUT2D eigenvalue weighted by Gasteiger charge is 2.00. The fourth-order valence-corrected chi connectivity index (χ4v) is 1.37. The van der Waals surface area contributed by atoms with Gasteiger partial charge in [0.15, 0.2) is 0 Å². The fourth-order valence-electron chi connectivity index (χ4n) is 1.37. The van der Waals surface area contributed by atoms with Crippen LogP contribution in [0, 0.1) is 0 Å². The Hall–Kier alpha value is -1.12. The van der Waals surface area contributed by atoms with Crippen LogP contribution in [0.25, 0.3) is 6.08 Å². The molecule has 98 valence electrons. The van der Waals surface area contributed by atoms with Gasteiger partial charge in [-0.25, -0.2) is 4.89 Å². The Morgan fingerprint density at radius 1 is 1.06 bits per heavy atom. The molecule has 0 saturated carbocycles. The highest BCUT2D eigenvalue weighted by molar-refractivity contribution is 5.55. The summed E-state index contributed by atoms with van der Waals surface area (Å²) in [6.45, 7) is 8.00. The van der Waals surface area contributed by atoms with Crippen LogP contribution < -0.4 is 0 Å². The van der Waals surface area contributed by atoms with Crippen molar-refractivity contribution in [1.29, 1.82) is 0 Å². The zero-order chi connectivity index (χ0) is 13.5. The molecule has 2 rings (SSSR count). The number of hydrogen-bond donors (Lipinski definition) is 1. The van der Waals surface area contributed by atoms with Gasteiger partial charge in [0.25, 0.3) is 0 Å². The molecule has 0 heterocycles. The molecule has 0 radical (unpaired) electrons. The predicted octanol–water partition coefficient (Wildman–Crippen LogP) is 4.80. The van der Waals surface area contributed by atoms with E-state index in [0.717, 1.165) is 0 Å². The number of benzene rings is 1. The first-order valence-electron chi connectivity index (χ1n) is 6.30. The van der Waals surface area contributed by atoms with E-state index < -0.39 is 0 Å². The van der Waals surface area contributed by atoms with Gasteiger partial charge in [0.2, 0.25) is 0 Å². The van der Waals surface area contributed by atoms with E-state index in [9.17, 15) is 0 Å². The Morgan fingerprint density at radius 3 is 2.12 bits per heavy atom. The molecule has 1 N–H and O–H groups in total. The quantitative estimate of drug-likeness (QED) is 0.519. The first kappa shape index (κ1) is 18.3. The largest absolute Gasteiger partial charge is 0.252 e. The Labute approximate surface area is 106 Å². The van der Waals surface area contributed by atoms with E-state index in [2.05, 4.69) is 41.3 Å². The van der Waals surface area contributed by atoms with Gasteiger partial charge in [-0.15, -0.1) is 0 Å². The van der Waals surface area contributed by atoms with E-state index in [0.29, 0.717) is 0 Å². The first-order valence-corrected chi connectivity index (χ1v) is 6.30. The highest BCUT2D eigenvalue weighted by Crippen LogP contribution is 2.17. The van der Waals surface area contributed by atoms with Crippen molar-refractivity contribution in [1.82, 2.24) is 0 Å². The maximum Gasteiger partial charge on any atom is 0.0710 e. The molecule has 0 amide bonds. The van der Waals surface area contributed by atoms with Crippen LogP contribution in [0.2, 0.25) is 0 Å². The molecule has 1 aliphatic rings. The van der Waals surface area contributed by atoms with Crippen molar-refractivity contribution in [2.75, 3.05) is 7.11 Å². The third kappa shape index (κ3) is 8.66. The van der Waals surface area contributed by atoms with E-state index in [1.54, 1.807) is 0 Å². The van der Waals surface area contributed by atoms with Gasteiger partial charge >= 0.3 is 0 Å². The molecule has 0 atom stereocenters. The van der Waals surface area contributed by atoms with E-state index in [-0.39, 0.29) is 0 Å². The second-order valence-electron chi connectivity index (χ2n) is 2.82. The fraction of sp³-hybridized carbons (Fsp3) is 0.467. The van der Waals surface area contributed by atoms with E-state index in [1.807, 2.05) is 27.7 Å². The molecule has 17 heavy (non-hydrogen) atoms. The Kier molecular flexibility index (Phi) is 16.0. The lowest BCUT2D eigenvalue weighted by molar-refractivity contribution is -0.214. The Balaban J connectivity index is 0. The lowest BCUT2D eigenvalue weighted by Gasteiger charge is -2.07. The van der Waals surface area contributed by atoms with Crippen LogP contribution in [0.15, 0.2) is 30.3 Å². The van der Waals surface area contributed by atoms with Crippen molar-refractivity contribution < 1.29 is 10.1 Å². The first-order chi connectivity index (χ1) is 8.38. The number of aryl methyl sites for hydroxylation is 1. The number of rotatable bonds is 0. The number of fused-ring (bicyclic) bond motifs is 1. The molecule has 0 spiro atoms. The molecule has 0 aliphatic heterocycles. The SMILES string of the molecule is C1=Cc2ccccc2CC1.CC.CC.COO. The summed E-state index contributed by atoms with van der Waals surface area (Å²) in [5.41, 5.74) is 2.89. The number of allylic oxidation sites excluding steroid dienone is 1. The van der Waals surface area contributed by atoms with Gasteiger partial charge in [0.05, 0.1) is 7.11 Å². The highest BCUT2D eigenvalue weighted by atomic mass is 17.1. The third-order valence-corrected chi connectivity index (χ3v) is 1.93. The maximum atomic E-state index is 7.07. The summed E-state index contributed by atoms with van der Waals surface area (Å²) in [7, 11) is 1.18. The van der Waals surface area contributed by atoms with Gasteiger partial charge in [-0.1, -0.05) is 64.1 Å². The summed E-state index contributed by atoms with van der Waals surface area (Å²) in [6.07, 6.45) is 6.87. The molecule has 2 heteroatoms. The van der Waals surface area contributed by atoms with Gasteiger partial charge in [-0.2, -0.15) is 0 Å². The standard InChI is InChI=1S/C10H10.2C2H6.CH4O2/c1-2-6-10-8-4-3-7-9(10)5-1;2*1-2;1-3-2/h1-3,5-7H,4,8H2;2*1-2H3;2H,1H3. The Morgan fingerprint density at radius 2 is 1.59 bits per heavy atom. The summed E-state index contributed by atoms with van der Waals surface area (Å²) in [4.78, 5) is 3.25. The van der Waals surface area contributed by atoms with Gasteiger partial charge in [-0.05, 0) is 24.0 Å². The van der Waals surface area contributed by atoms with Crippen LogP contribution in [0.1, 0.15) is 45.2 Å². The molecular weight excluding hydrogens is 212 g/mol. The van der Waals surface area contributed by atoms with Crippen LogP contribution in [-0.2, 0) is 11.3 Å². The topological polar surface area (TPSA) is 29.5 Å². The third-order valence-electron chi connectivity index (χ3n) is 1.93. The normalized spacial score (nSPS) is 10.5. The monoisotopic (exact) mass is 238 g/mol. The smallest absolute Gasteiger partial charge is 0.0710 e. The zero-order valence-corrected chi connectivity index (χ0v) is 11.7. The van der Waals surface area contributed by atoms with Crippen LogP contribution in [0.3, 0.4) is 0 Å². The predicted molar refractivity (Wildman–Crippen MR) is 76.1 cm³/mol. The summed E-state index contributed by atoms with van der Waals surface area (Å²) < 4.78 is 0. The van der Waals surface area contributed by atoms with Gasteiger partial charge in [0.1, 0.15) is 0 Å². The summed E-state index contributed by atoms with van der Waals surface area (Å²) in [6, 6.07) is 8.58. The van der Waals surface area contributed by atoms with Crippen molar-refractivity contribution in [3.05, 3.63) is 41.5 Å². The Bertz CT molecular complexity index is 280. The summed E-state index contributed by atoms with van der Waals surface area (Å²) in [5, 5.41) is 7.07. The van der Waals surface area contributed by atoms with Crippen molar-refractivity contribution in [3.63, 3.8) is 0 Å². The lowest BCUT2D eigenvalue weighted by Crippen LogP contribution is -1.91. The summed E-state index contributed by atoms with van der Waals surface area (Å²) >= 11 is 0. The minimum Gasteiger partial charge on any atom is -0.252 e. The van der Waals surface area contributed by atoms with Crippen LogP contribution in [0.5, 0.6) is 0 Å². The molecular formula is C15H26O2. The van der Waals surface area contributed by atoms with E-state index >= 15 is 0 Å². The minimum atomic E-state index is 1.18.